The van der Waals surface area contributed by atoms with Gasteiger partial charge >= 0.3 is 252 Å². The van der Waals surface area contributed by atoms with Gasteiger partial charge in [0.15, 0.2) is 0 Å². The van der Waals surface area contributed by atoms with Gasteiger partial charge in [0.2, 0.25) is 0 Å². The summed E-state index contributed by atoms with van der Waals surface area (Å²) in [5.41, 5.74) is 0. The molecule has 4 atom stereocenters. The van der Waals surface area contributed by atoms with Gasteiger partial charge in [0.1, 0.15) is 0 Å². The number of rotatable bonds is 14. The van der Waals surface area contributed by atoms with Gasteiger partial charge in [-0.1, -0.05) is 0 Å². The van der Waals surface area contributed by atoms with Crippen molar-refractivity contribution in [3.8, 4) is 0 Å². The van der Waals surface area contributed by atoms with E-state index in [1.807, 2.05) is 0 Å². The molecule has 0 aliphatic carbocycles. The van der Waals surface area contributed by atoms with E-state index in [1.165, 1.54) is 38.5 Å². The normalized spacial score (nSPS) is 23.1. The minimum atomic E-state index is -0.437. The van der Waals surface area contributed by atoms with Gasteiger partial charge in [0.25, 0.3) is 0 Å². The summed E-state index contributed by atoms with van der Waals surface area (Å²) in [5, 5.41) is 37.8. The van der Waals surface area contributed by atoms with Crippen LogP contribution in [0.3, 0.4) is 0 Å². The van der Waals surface area contributed by atoms with Crippen molar-refractivity contribution in [2.24, 2.45) is 0 Å². The van der Waals surface area contributed by atoms with E-state index in [-0.39, 0.29) is 24.8 Å². The van der Waals surface area contributed by atoms with Gasteiger partial charge in [0.05, 0.1) is 0 Å². The first kappa shape index (κ1) is 43.5. The minimum absolute atomic E-state index is 0. The predicted octanol–water partition coefficient (Wildman–Crippen LogP) is -5.89. The minimum Gasteiger partial charge on any atom is -1.00 e. The largest absolute Gasteiger partial charge is 1.00 e. The first-order valence-corrected chi connectivity index (χ1v) is 16.9. The van der Waals surface area contributed by atoms with Gasteiger partial charge in [-0.2, -0.15) is 0 Å². The van der Waals surface area contributed by atoms with Crippen LogP contribution in [0.1, 0.15) is 78.1 Å². The van der Waals surface area contributed by atoms with Crippen molar-refractivity contribution in [2.75, 3.05) is 78.5 Å². The quantitative estimate of drug-likeness (QED) is 0.134. The van der Waals surface area contributed by atoms with Crippen molar-refractivity contribution in [1.29, 1.82) is 0 Å². The number of unbranched alkanes of at least 4 members (excludes halogenated alkanes) is 6. The average Bonchev–Trinajstić information content (AvgIpc) is 3.07. The zero-order valence-electron chi connectivity index (χ0n) is 25.1. The molecule has 4 unspecified atom stereocenters. The first-order valence-electron chi connectivity index (χ1n) is 15.4. The molecule has 40 heavy (non-hydrogen) atoms. The van der Waals surface area contributed by atoms with Crippen LogP contribution in [0.15, 0.2) is 0 Å². The van der Waals surface area contributed by atoms with Crippen molar-refractivity contribution >= 4 is 0 Å². The molecule has 2 heterocycles. The average molecular weight is 686 g/mol. The summed E-state index contributed by atoms with van der Waals surface area (Å²) in [7, 11) is 0. The molecule has 2 saturated heterocycles. The number of nitrogens with one attached hydrogen (secondary N) is 4. The van der Waals surface area contributed by atoms with Crippen LogP contribution >= 0.6 is 0 Å². The Labute approximate surface area is 276 Å². The molecule has 0 bridgehead atoms. The molecule has 0 aromatic rings. The van der Waals surface area contributed by atoms with E-state index >= 15 is 0 Å². The molecule has 8 nitrogen and oxygen atoms in total. The Bertz CT molecular complexity index is 493. The predicted molar refractivity (Wildman–Crippen MR) is 147 cm³/mol. The van der Waals surface area contributed by atoms with E-state index in [0.29, 0.717) is 22.9 Å². The zero-order chi connectivity index (χ0) is 27.8. The molecule has 0 spiro atoms. The SMILES string of the molecule is CCCCCCC([O-])CN1CCNCCNC[CH]1[Cr+2].CCCCCCC([O-])CN1CCNCCNC[CH]1[Cr+2].[Cl-].[Cl-]. The third kappa shape index (κ3) is 23.7. The Morgan fingerprint density at radius 1 is 0.600 bits per heavy atom. The molecule has 2 rings (SSSR count). The summed E-state index contributed by atoms with van der Waals surface area (Å²) in [6.07, 6.45) is 10.4. The van der Waals surface area contributed by atoms with Gasteiger partial charge < -0.3 is 24.8 Å². The van der Waals surface area contributed by atoms with Crippen LogP contribution in [-0.2, 0) is 32.6 Å². The molecule has 4 N–H and O–H groups in total. The molecule has 2 fully saturated rings. The van der Waals surface area contributed by atoms with Crippen LogP contribution in [0.5, 0.6) is 0 Å². The Hall–Kier alpha value is 1.32. The second-order valence-electron chi connectivity index (χ2n) is 10.8. The maximum absolute atomic E-state index is 12.1. The van der Waals surface area contributed by atoms with E-state index in [9.17, 15) is 10.2 Å². The van der Waals surface area contributed by atoms with E-state index in [1.54, 1.807) is 0 Å². The topological polar surface area (TPSA) is 101 Å². The number of halogens is 2. The Morgan fingerprint density at radius 3 is 1.35 bits per heavy atom. The molecule has 2 aliphatic rings. The van der Waals surface area contributed by atoms with Crippen molar-refractivity contribution in [2.45, 2.75) is 100 Å². The van der Waals surface area contributed by atoms with Gasteiger partial charge in [0, 0.05) is 0 Å². The first-order chi connectivity index (χ1) is 18.5. The molecule has 0 amide bonds. The van der Waals surface area contributed by atoms with E-state index < -0.39 is 12.2 Å². The Morgan fingerprint density at radius 2 is 0.975 bits per heavy atom. The van der Waals surface area contributed by atoms with Gasteiger partial charge in [-0.15, -0.1) is 0 Å². The molecule has 12 heteroatoms. The third-order valence-electron chi connectivity index (χ3n) is 7.20. The van der Waals surface area contributed by atoms with Gasteiger partial charge in [-0.05, 0) is 0 Å². The van der Waals surface area contributed by atoms with E-state index in [0.717, 1.165) is 91.1 Å². The molecular weight excluding hydrogens is 627 g/mol. The summed E-state index contributed by atoms with van der Waals surface area (Å²) in [5.74, 6) is 0. The summed E-state index contributed by atoms with van der Waals surface area (Å²) < 4.78 is 0. The Balaban J connectivity index is 0. The zero-order valence-corrected chi connectivity index (χ0v) is 29.2. The van der Waals surface area contributed by atoms with Crippen LogP contribution in [0, 0.1) is 0 Å². The van der Waals surface area contributed by atoms with E-state index in [2.05, 4.69) is 77.5 Å². The van der Waals surface area contributed by atoms with Crippen molar-refractivity contribution in [3.63, 3.8) is 0 Å². The number of hydrogen-bond donors (Lipinski definition) is 4. The Kier molecular flexibility index (Phi) is 33.0. The van der Waals surface area contributed by atoms with Crippen LogP contribution in [-0.4, -0.2) is 110 Å². The number of hydrogen-bond acceptors (Lipinski definition) is 8. The third-order valence-corrected chi connectivity index (χ3v) is 8.65. The van der Waals surface area contributed by atoms with Crippen LogP contribution in [0.2, 0.25) is 0 Å². The maximum Gasteiger partial charge on any atom is -1.00 e. The van der Waals surface area contributed by atoms with Gasteiger partial charge in [-0.25, -0.2) is 0 Å². The standard InChI is InChI=1S/2C14H29N3O.2ClH.2Cr/c2*1-2-3-4-5-6-14(18)13-17-11-9-15-7-8-16-10-12-17;;;;/h2*11,14-16H,2-10,12-13H2,1H3;2*1H;;/q2*-1;;;2*+2/p-2. The number of nitrogens with zero attached hydrogens (tertiary/aromatic N) is 2. The van der Waals surface area contributed by atoms with Crippen molar-refractivity contribution in [1.82, 2.24) is 31.1 Å². The molecule has 0 aromatic heterocycles. The monoisotopic (exact) mass is 684 g/mol. The van der Waals surface area contributed by atoms with Crippen molar-refractivity contribution < 1.29 is 67.6 Å². The second-order valence-corrected chi connectivity index (χ2v) is 12.4. The smallest absolute Gasteiger partial charge is 1.00 e. The fourth-order valence-electron chi connectivity index (χ4n) is 4.77. The molecular formula is C28H58Cl2Cr2N6O2. The molecule has 0 aromatic carbocycles. The summed E-state index contributed by atoms with van der Waals surface area (Å²) in [4.78, 5) is 5.27. The van der Waals surface area contributed by atoms with E-state index in [4.69, 9.17) is 0 Å². The molecule has 0 radical (unpaired) electrons. The van der Waals surface area contributed by atoms with Crippen LogP contribution in [0.4, 0.5) is 0 Å². The molecule has 238 valence electrons. The van der Waals surface area contributed by atoms with Gasteiger partial charge in [-0.3, -0.25) is 0 Å². The van der Waals surface area contributed by atoms with Crippen LogP contribution in [0.25, 0.3) is 0 Å². The maximum atomic E-state index is 12.1. The summed E-state index contributed by atoms with van der Waals surface area (Å²) in [6, 6.07) is 0. The second kappa shape index (κ2) is 30.4. The molecule has 2 aliphatic heterocycles. The summed E-state index contributed by atoms with van der Waals surface area (Å²) in [6.45, 7) is 15.5. The fourth-order valence-corrected chi connectivity index (χ4v) is 5.73. The van der Waals surface area contributed by atoms with Crippen LogP contribution < -0.4 is 56.3 Å². The fraction of sp³-hybridized carbons (Fsp3) is 1.00. The van der Waals surface area contributed by atoms with Crippen molar-refractivity contribution in [3.05, 3.63) is 0 Å². The molecule has 0 saturated carbocycles. The summed E-state index contributed by atoms with van der Waals surface area (Å²) >= 11 is 6.41.